The molecule has 174 valence electrons. The Kier molecular flexibility index (Phi) is 8.39. The summed E-state index contributed by atoms with van der Waals surface area (Å²) >= 11 is 0. The van der Waals surface area contributed by atoms with Crippen molar-refractivity contribution in [2.24, 2.45) is 5.41 Å². The summed E-state index contributed by atoms with van der Waals surface area (Å²) in [4.78, 5) is 32.6. The summed E-state index contributed by atoms with van der Waals surface area (Å²) in [5.74, 6) is 0.277. The molecule has 1 aromatic heterocycles. The van der Waals surface area contributed by atoms with E-state index in [2.05, 4.69) is 27.1 Å². The minimum absolute atomic E-state index is 0. The first-order valence-corrected chi connectivity index (χ1v) is 11.1. The van der Waals surface area contributed by atoms with Gasteiger partial charge in [-0.3, -0.25) is 9.59 Å². The minimum Gasteiger partial charge on any atom is -0.357 e. The SMILES string of the molecule is CC.CNC(=O)[C@@H](NC(=O)c1nc(-c2ccccc2)n2c1CN(C)CCC2)C(C)(C)C.[HH].[HH]. The van der Waals surface area contributed by atoms with Crippen molar-refractivity contribution >= 4 is 11.8 Å². The third-order valence-electron chi connectivity index (χ3n) is 5.31. The van der Waals surface area contributed by atoms with Gasteiger partial charge in [0.05, 0.1) is 5.69 Å². The van der Waals surface area contributed by atoms with Gasteiger partial charge in [0.15, 0.2) is 5.69 Å². The number of imidazole rings is 1. The van der Waals surface area contributed by atoms with E-state index >= 15 is 0 Å². The molecule has 31 heavy (non-hydrogen) atoms. The molecule has 7 nitrogen and oxygen atoms in total. The zero-order valence-corrected chi connectivity index (χ0v) is 20.0. The van der Waals surface area contributed by atoms with Gasteiger partial charge in [-0.2, -0.15) is 0 Å². The molecule has 0 bridgehead atoms. The Labute approximate surface area is 189 Å². The second kappa shape index (κ2) is 10.6. The topological polar surface area (TPSA) is 79.3 Å². The lowest BCUT2D eigenvalue weighted by atomic mass is 9.86. The molecule has 0 saturated carbocycles. The maximum absolute atomic E-state index is 13.3. The summed E-state index contributed by atoms with van der Waals surface area (Å²) in [7, 11) is 3.63. The highest BCUT2D eigenvalue weighted by Crippen LogP contribution is 2.27. The summed E-state index contributed by atoms with van der Waals surface area (Å²) in [6, 6.07) is 9.28. The fraction of sp³-hybridized carbons (Fsp3) is 0.542. The summed E-state index contributed by atoms with van der Waals surface area (Å²) in [6.07, 6.45) is 0.990. The van der Waals surface area contributed by atoms with Crippen LogP contribution >= 0.6 is 0 Å². The van der Waals surface area contributed by atoms with Crippen molar-refractivity contribution in [1.29, 1.82) is 0 Å². The van der Waals surface area contributed by atoms with Gasteiger partial charge in [-0.15, -0.1) is 0 Å². The Morgan fingerprint density at radius 3 is 2.35 bits per heavy atom. The van der Waals surface area contributed by atoms with Crippen LogP contribution in [0.4, 0.5) is 0 Å². The fourth-order valence-corrected chi connectivity index (χ4v) is 3.73. The smallest absolute Gasteiger partial charge is 0.272 e. The van der Waals surface area contributed by atoms with Gasteiger partial charge in [0.2, 0.25) is 5.91 Å². The molecule has 0 fully saturated rings. The van der Waals surface area contributed by atoms with Crippen molar-refractivity contribution < 1.29 is 12.4 Å². The van der Waals surface area contributed by atoms with Gasteiger partial charge in [0.25, 0.3) is 5.91 Å². The molecule has 0 aliphatic carbocycles. The number of carbonyl (C=O) groups is 2. The second-order valence-corrected chi connectivity index (χ2v) is 8.73. The lowest BCUT2D eigenvalue weighted by molar-refractivity contribution is -0.124. The van der Waals surface area contributed by atoms with Crippen LogP contribution in [-0.2, 0) is 17.9 Å². The highest BCUT2D eigenvalue weighted by Gasteiger charge is 2.34. The lowest BCUT2D eigenvalue weighted by Crippen LogP contribution is -2.53. The second-order valence-electron chi connectivity index (χ2n) is 8.73. The van der Waals surface area contributed by atoms with Crippen molar-refractivity contribution in [1.82, 2.24) is 25.1 Å². The molecule has 7 heteroatoms. The van der Waals surface area contributed by atoms with E-state index in [4.69, 9.17) is 4.98 Å². The maximum atomic E-state index is 13.3. The number of benzene rings is 1. The van der Waals surface area contributed by atoms with Crippen LogP contribution in [0.15, 0.2) is 30.3 Å². The molecule has 2 heterocycles. The number of nitrogens with one attached hydrogen (secondary N) is 2. The Morgan fingerprint density at radius 1 is 1.13 bits per heavy atom. The predicted octanol–water partition coefficient (Wildman–Crippen LogP) is 3.79. The predicted molar refractivity (Wildman–Crippen MR) is 129 cm³/mol. The molecule has 1 aliphatic heterocycles. The highest BCUT2D eigenvalue weighted by molar-refractivity contribution is 5.97. The van der Waals surface area contributed by atoms with E-state index in [-0.39, 0.29) is 14.7 Å². The molecule has 2 aromatic rings. The normalized spacial score (nSPS) is 15.1. The van der Waals surface area contributed by atoms with Crippen molar-refractivity contribution in [3.8, 4) is 11.4 Å². The molecule has 2 N–H and O–H groups in total. The number of fused-ring (bicyclic) bond motifs is 1. The number of carbonyl (C=O) groups excluding carboxylic acids is 2. The highest BCUT2D eigenvalue weighted by atomic mass is 16.2. The Hall–Kier alpha value is -2.67. The van der Waals surface area contributed by atoms with E-state index in [1.165, 1.54) is 0 Å². The average Bonchev–Trinajstić information content (AvgIpc) is 2.99. The molecule has 2 amide bonds. The van der Waals surface area contributed by atoms with Crippen LogP contribution in [0, 0.1) is 5.41 Å². The van der Waals surface area contributed by atoms with Crippen molar-refractivity contribution in [3.05, 3.63) is 41.7 Å². The molecule has 1 atom stereocenters. The standard InChI is InChI=1S/C22H31N5O2.C2H6.2H2/c1-22(2,3)18(21(29)23-4)25-20(28)17-16-14-26(5)12-9-13-27(16)19(24-17)15-10-7-6-8-11-15;1-2;;/h6-8,10-11,18H,9,12-14H2,1-5H3,(H,23,29)(H,25,28);1-2H3;2*1H/t18-;;;/m1.../s1. The van der Waals surface area contributed by atoms with E-state index in [1.54, 1.807) is 7.05 Å². The average molecular weight is 432 g/mol. The van der Waals surface area contributed by atoms with Crippen LogP contribution in [0.1, 0.15) is 60.1 Å². The summed E-state index contributed by atoms with van der Waals surface area (Å²) in [5.41, 5.74) is 1.85. The molecule has 1 aromatic carbocycles. The summed E-state index contributed by atoms with van der Waals surface area (Å²) < 4.78 is 2.15. The number of aromatic nitrogens is 2. The first kappa shape index (κ1) is 24.6. The molecule has 0 saturated heterocycles. The number of rotatable bonds is 4. The molecule has 3 rings (SSSR count). The first-order valence-electron chi connectivity index (χ1n) is 11.1. The Morgan fingerprint density at radius 2 is 1.77 bits per heavy atom. The third-order valence-corrected chi connectivity index (χ3v) is 5.31. The molecule has 0 radical (unpaired) electrons. The number of nitrogens with zero attached hydrogens (tertiary/aromatic N) is 3. The molecule has 0 spiro atoms. The summed E-state index contributed by atoms with van der Waals surface area (Å²) in [5, 5.41) is 5.58. The number of hydrogen-bond donors (Lipinski definition) is 2. The number of amides is 2. The zero-order valence-electron chi connectivity index (χ0n) is 20.0. The van der Waals surface area contributed by atoms with Gasteiger partial charge in [-0.25, -0.2) is 4.98 Å². The van der Waals surface area contributed by atoms with Gasteiger partial charge in [0, 0.05) is 28.6 Å². The number of hydrogen-bond acceptors (Lipinski definition) is 4. The van der Waals surface area contributed by atoms with Gasteiger partial charge >= 0.3 is 0 Å². The largest absolute Gasteiger partial charge is 0.357 e. The lowest BCUT2D eigenvalue weighted by Gasteiger charge is -2.29. The van der Waals surface area contributed by atoms with E-state index in [1.807, 2.05) is 65.0 Å². The van der Waals surface area contributed by atoms with Crippen molar-refractivity contribution in [2.75, 3.05) is 20.6 Å². The van der Waals surface area contributed by atoms with E-state index in [0.717, 1.165) is 36.6 Å². The van der Waals surface area contributed by atoms with Gasteiger partial charge < -0.3 is 20.1 Å². The van der Waals surface area contributed by atoms with Gasteiger partial charge in [-0.05, 0) is 25.4 Å². The fourth-order valence-electron chi connectivity index (χ4n) is 3.73. The van der Waals surface area contributed by atoms with E-state index in [0.29, 0.717) is 12.2 Å². The van der Waals surface area contributed by atoms with Crippen LogP contribution in [-0.4, -0.2) is 52.9 Å². The van der Waals surface area contributed by atoms with E-state index < -0.39 is 11.5 Å². The molecular formula is C24H41N5O2. The molecule has 1 aliphatic rings. The van der Waals surface area contributed by atoms with Crippen molar-refractivity contribution in [2.45, 2.75) is 60.2 Å². The van der Waals surface area contributed by atoms with Gasteiger partial charge in [-0.1, -0.05) is 65.0 Å². The van der Waals surface area contributed by atoms with Gasteiger partial charge in [0.1, 0.15) is 11.9 Å². The molecular weight excluding hydrogens is 390 g/mol. The van der Waals surface area contributed by atoms with Crippen LogP contribution in [0.5, 0.6) is 0 Å². The van der Waals surface area contributed by atoms with Crippen LogP contribution in [0.3, 0.4) is 0 Å². The Bertz CT molecular complexity index is 894. The van der Waals surface area contributed by atoms with Crippen LogP contribution in [0.2, 0.25) is 0 Å². The van der Waals surface area contributed by atoms with Crippen LogP contribution in [0.25, 0.3) is 11.4 Å². The Balaban J connectivity index is 0.00000249. The quantitative estimate of drug-likeness (QED) is 0.772. The van der Waals surface area contributed by atoms with Crippen LogP contribution < -0.4 is 10.6 Å². The first-order chi connectivity index (χ1) is 14.7. The minimum atomic E-state index is -0.652. The monoisotopic (exact) mass is 431 g/mol. The number of likely N-dealkylation sites (N-methyl/N-ethyl adjacent to an activating group) is 1. The zero-order chi connectivity index (χ0) is 23.2. The van der Waals surface area contributed by atoms with Crippen molar-refractivity contribution in [3.63, 3.8) is 0 Å². The maximum Gasteiger partial charge on any atom is 0.272 e. The van der Waals surface area contributed by atoms with E-state index in [9.17, 15) is 9.59 Å². The third kappa shape index (κ3) is 5.73. The summed E-state index contributed by atoms with van der Waals surface area (Å²) in [6.45, 7) is 12.2. The molecule has 0 unspecified atom stereocenters.